The molecule has 2 aliphatic heterocycles. The largest absolute Gasteiger partial charge is 0.493 e. The number of ether oxygens (including phenoxy) is 4. The van der Waals surface area contributed by atoms with Crippen LogP contribution in [0.25, 0.3) is 0 Å². The smallest absolute Gasteiger partial charge is 0.411 e. The zero-order valence-electron chi connectivity index (χ0n) is 19.1. The molecule has 2 aromatic rings. The molecule has 33 heavy (non-hydrogen) atoms. The lowest BCUT2D eigenvalue weighted by molar-refractivity contribution is -0.147. The number of piperidine rings is 1. The Kier molecular flexibility index (Phi) is 7.22. The van der Waals surface area contributed by atoms with Gasteiger partial charge in [0.05, 0.1) is 26.8 Å². The number of benzene rings is 2. The maximum Gasteiger partial charge on any atom is 0.411 e. The van der Waals surface area contributed by atoms with Crippen LogP contribution in [-0.2, 0) is 16.1 Å². The van der Waals surface area contributed by atoms with Crippen LogP contribution in [0, 0.1) is 0 Å². The molecular formula is C25H30N2O6. The van der Waals surface area contributed by atoms with Gasteiger partial charge in [0.1, 0.15) is 25.0 Å². The fourth-order valence-electron chi connectivity index (χ4n) is 4.51. The van der Waals surface area contributed by atoms with Crippen molar-refractivity contribution in [3.05, 3.63) is 54.1 Å². The van der Waals surface area contributed by atoms with Crippen molar-refractivity contribution in [3.63, 3.8) is 0 Å². The molecule has 0 saturated carbocycles. The first-order valence-electron chi connectivity index (χ1n) is 11.2. The molecule has 0 unspecified atom stereocenters. The molecule has 2 heterocycles. The first-order chi connectivity index (χ1) is 16.1. The van der Waals surface area contributed by atoms with E-state index < -0.39 is 12.1 Å². The second-order valence-electron chi connectivity index (χ2n) is 8.20. The standard InChI is InChI=1S/C25H30N2O6/c1-30-22-12-11-20(15-23(22)31-2)32-14-13-26-16-19-9-6-10-21(24(26)28)27(19)25(29)33-17-18-7-4-3-5-8-18/h3-5,7-8,11-12,15,19,21H,6,9-10,13-14,16-17H2,1-2H3/t19-,21+/m1/s1. The molecule has 0 N–H and O–H groups in total. The first kappa shape index (κ1) is 22.8. The molecule has 2 amide bonds. The molecule has 8 nitrogen and oxygen atoms in total. The number of rotatable bonds is 8. The number of fused-ring (bicyclic) bond motifs is 2. The van der Waals surface area contributed by atoms with Gasteiger partial charge in [-0.1, -0.05) is 30.3 Å². The number of amides is 2. The number of carbonyl (C=O) groups is 2. The third-order valence-corrected chi connectivity index (χ3v) is 6.17. The molecule has 2 aliphatic rings. The molecule has 0 aliphatic carbocycles. The van der Waals surface area contributed by atoms with E-state index in [0.717, 1.165) is 18.4 Å². The van der Waals surface area contributed by atoms with E-state index in [1.54, 1.807) is 42.2 Å². The predicted molar refractivity (Wildman–Crippen MR) is 122 cm³/mol. The second kappa shape index (κ2) is 10.5. The number of piperazine rings is 1. The van der Waals surface area contributed by atoms with Gasteiger partial charge in [-0.05, 0) is 37.0 Å². The molecule has 0 radical (unpaired) electrons. The highest BCUT2D eigenvalue weighted by atomic mass is 16.6. The topological polar surface area (TPSA) is 77.5 Å². The van der Waals surface area contributed by atoms with Crippen molar-refractivity contribution < 1.29 is 28.5 Å². The summed E-state index contributed by atoms with van der Waals surface area (Å²) in [6.07, 6.45) is 2.03. The summed E-state index contributed by atoms with van der Waals surface area (Å²) in [7, 11) is 3.15. The number of likely N-dealkylation sites (tertiary alicyclic amines) is 1. The summed E-state index contributed by atoms with van der Waals surface area (Å²) in [6.45, 7) is 1.49. The van der Waals surface area contributed by atoms with Crippen molar-refractivity contribution >= 4 is 12.0 Å². The van der Waals surface area contributed by atoms with E-state index in [0.29, 0.717) is 43.4 Å². The van der Waals surface area contributed by atoms with Gasteiger partial charge in [0, 0.05) is 12.6 Å². The fraction of sp³-hybridized carbons (Fsp3) is 0.440. The average molecular weight is 455 g/mol. The molecule has 0 aromatic heterocycles. The third kappa shape index (κ3) is 5.16. The average Bonchev–Trinajstić information content (AvgIpc) is 2.85. The summed E-state index contributed by atoms with van der Waals surface area (Å²) in [5.74, 6) is 1.81. The number of nitrogens with zero attached hydrogens (tertiary/aromatic N) is 2. The second-order valence-corrected chi connectivity index (χ2v) is 8.20. The van der Waals surface area contributed by atoms with E-state index in [-0.39, 0.29) is 18.6 Å². The van der Waals surface area contributed by atoms with Crippen LogP contribution in [0.15, 0.2) is 48.5 Å². The number of hydrogen-bond acceptors (Lipinski definition) is 6. The third-order valence-electron chi connectivity index (χ3n) is 6.17. The van der Waals surface area contributed by atoms with Gasteiger partial charge in [-0.3, -0.25) is 9.69 Å². The zero-order chi connectivity index (χ0) is 23.2. The van der Waals surface area contributed by atoms with E-state index in [1.165, 1.54) is 0 Å². The van der Waals surface area contributed by atoms with Crippen molar-refractivity contribution in [1.29, 1.82) is 0 Å². The first-order valence-corrected chi connectivity index (χ1v) is 11.2. The van der Waals surface area contributed by atoms with Crippen LogP contribution in [0.5, 0.6) is 17.2 Å². The molecule has 2 atom stereocenters. The molecule has 2 saturated heterocycles. The van der Waals surface area contributed by atoms with Gasteiger partial charge < -0.3 is 23.8 Å². The molecule has 4 rings (SSSR count). The molecule has 176 valence electrons. The minimum Gasteiger partial charge on any atom is -0.493 e. The van der Waals surface area contributed by atoms with Crippen molar-refractivity contribution in [1.82, 2.24) is 9.80 Å². The molecule has 2 fully saturated rings. The maximum absolute atomic E-state index is 13.1. The van der Waals surface area contributed by atoms with E-state index in [9.17, 15) is 9.59 Å². The minimum atomic E-state index is -0.471. The predicted octanol–water partition coefficient (Wildman–Crippen LogP) is 3.48. The zero-order valence-corrected chi connectivity index (χ0v) is 19.1. The summed E-state index contributed by atoms with van der Waals surface area (Å²) < 4.78 is 21.9. The Balaban J connectivity index is 1.33. The lowest BCUT2D eigenvalue weighted by atomic mass is 9.91. The van der Waals surface area contributed by atoms with Crippen LogP contribution in [0.3, 0.4) is 0 Å². The van der Waals surface area contributed by atoms with Gasteiger partial charge in [-0.2, -0.15) is 0 Å². The van der Waals surface area contributed by atoms with Crippen molar-refractivity contribution in [2.24, 2.45) is 0 Å². The summed E-state index contributed by atoms with van der Waals surface area (Å²) in [4.78, 5) is 29.4. The van der Waals surface area contributed by atoms with Crippen LogP contribution in [0.4, 0.5) is 4.79 Å². The van der Waals surface area contributed by atoms with Gasteiger partial charge in [-0.25, -0.2) is 4.79 Å². The summed E-state index contributed by atoms with van der Waals surface area (Å²) in [5, 5.41) is 0. The van der Waals surface area contributed by atoms with E-state index in [1.807, 2.05) is 30.3 Å². The van der Waals surface area contributed by atoms with Crippen molar-refractivity contribution in [2.75, 3.05) is 33.9 Å². The Morgan fingerprint density at radius 3 is 2.58 bits per heavy atom. The van der Waals surface area contributed by atoms with Crippen molar-refractivity contribution in [2.45, 2.75) is 38.0 Å². The lowest BCUT2D eigenvalue weighted by Crippen LogP contribution is -2.65. The van der Waals surface area contributed by atoms with Crippen LogP contribution >= 0.6 is 0 Å². The van der Waals surface area contributed by atoms with Gasteiger partial charge in [0.25, 0.3) is 0 Å². The molecule has 8 heteroatoms. The van der Waals surface area contributed by atoms with Crippen LogP contribution in [-0.4, -0.2) is 67.8 Å². The Morgan fingerprint density at radius 2 is 1.82 bits per heavy atom. The van der Waals surface area contributed by atoms with Gasteiger partial charge in [-0.15, -0.1) is 0 Å². The van der Waals surface area contributed by atoms with Crippen LogP contribution in [0.1, 0.15) is 24.8 Å². The normalized spacial score (nSPS) is 19.8. The van der Waals surface area contributed by atoms with E-state index in [4.69, 9.17) is 18.9 Å². The van der Waals surface area contributed by atoms with Crippen LogP contribution in [0.2, 0.25) is 0 Å². The highest BCUT2D eigenvalue weighted by molar-refractivity contribution is 5.87. The van der Waals surface area contributed by atoms with Crippen molar-refractivity contribution in [3.8, 4) is 17.2 Å². The van der Waals surface area contributed by atoms with E-state index in [2.05, 4.69) is 0 Å². The Hall–Kier alpha value is -3.42. The maximum atomic E-state index is 13.1. The summed E-state index contributed by atoms with van der Waals surface area (Å²) >= 11 is 0. The highest BCUT2D eigenvalue weighted by Gasteiger charge is 2.45. The summed E-state index contributed by atoms with van der Waals surface area (Å²) in [5.41, 5.74) is 0.924. The lowest BCUT2D eigenvalue weighted by Gasteiger charge is -2.48. The SMILES string of the molecule is COc1ccc(OCCN2C[C@H]3CCC[C@@H](C2=O)N3C(=O)OCc2ccccc2)cc1OC. The van der Waals surface area contributed by atoms with Crippen LogP contribution < -0.4 is 14.2 Å². The molecule has 0 spiro atoms. The summed E-state index contributed by atoms with van der Waals surface area (Å²) in [6, 6.07) is 14.4. The van der Waals surface area contributed by atoms with Gasteiger partial charge >= 0.3 is 6.09 Å². The highest BCUT2D eigenvalue weighted by Crippen LogP contribution is 2.32. The fourth-order valence-corrected chi connectivity index (χ4v) is 4.51. The Morgan fingerprint density at radius 1 is 1.03 bits per heavy atom. The quantitative estimate of drug-likeness (QED) is 0.608. The minimum absolute atomic E-state index is 0.0363. The molecular weight excluding hydrogens is 424 g/mol. The molecule has 2 aromatic carbocycles. The monoisotopic (exact) mass is 454 g/mol. The number of hydrogen-bond donors (Lipinski definition) is 0. The van der Waals surface area contributed by atoms with Gasteiger partial charge in [0.15, 0.2) is 11.5 Å². The Bertz CT molecular complexity index is 967. The number of methoxy groups -OCH3 is 2. The Labute approximate surface area is 194 Å². The number of carbonyl (C=O) groups excluding carboxylic acids is 2. The van der Waals surface area contributed by atoms with E-state index >= 15 is 0 Å². The molecule has 2 bridgehead atoms. The van der Waals surface area contributed by atoms with Gasteiger partial charge in [0.2, 0.25) is 5.91 Å².